The van der Waals surface area contributed by atoms with Gasteiger partial charge < -0.3 is 19.9 Å². The molecule has 0 amide bonds. The van der Waals surface area contributed by atoms with Gasteiger partial charge in [0.2, 0.25) is 0 Å². The quantitative estimate of drug-likeness (QED) is 0.761. The maximum absolute atomic E-state index is 5.48. The first-order valence-corrected chi connectivity index (χ1v) is 6.70. The maximum atomic E-state index is 5.48. The summed E-state index contributed by atoms with van der Waals surface area (Å²) in [4.78, 5) is 4.66. The fourth-order valence-electron chi connectivity index (χ4n) is 2.26. The highest BCUT2D eigenvalue weighted by molar-refractivity contribution is 7.80. The number of nitrogens with zero attached hydrogens (tertiary/aromatic N) is 2. The van der Waals surface area contributed by atoms with E-state index in [4.69, 9.17) is 17.0 Å². The third-order valence-corrected chi connectivity index (χ3v) is 3.45. The van der Waals surface area contributed by atoms with Gasteiger partial charge in [-0.05, 0) is 46.1 Å². The highest BCUT2D eigenvalue weighted by atomic mass is 32.1. The van der Waals surface area contributed by atoms with Crippen LogP contribution in [0, 0.1) is 0 Å². The molecule has 2 unspecified atom stereocenters. The van der Waals surface area contributed by atoms with Crippen LogP contribution in [-0.4, -0.2) is 67.4 Å². The average molecular weight is 259 g/mol. The van der Waals surface area contributed by atoms with Crippen LogP contribution in [0.4, 0.5) is 0 Å². The maximum Gasteiger partial charge on any atom is 0.169 e. The third kappa shape index (κ3) is 4.77. The van der Waals surface area contributed by atoms with E-state index in [0.29, 0.717) is 12.6 Å². The molecule has 0 radical (unpaired) electrons. The van der Waals surface area contributed by atoms with Crippen LogP contribution in [0.15, 0.2) is 0 Å². The second-order valence-electron chi connectivity index (χ2n) is 4.96. The Morgan fingerprint density at radius 3 is 2.88 bits per heavy atom. The average Bonchev–Trinajstić information content (AvgIpc) is 2.39. The zero-order chi connectivity index (χ0) is 12.8. The van der Waals surface area contributed by atoms with E-state index in [-0.39, 0.29) is 6.04 Å². The van der Waals surface area contributed by atoms with Crippen molar-refractivity contribution in [1.29, 1.82) is 0 Å². The van der Waals surface area contributed by atoms with Gasteiger partial charge in [0, 0.05) is 32.3 Å². The largest absolute Gasteiger partial charge is 0.383 e. The Morgan fingerprint density at radius 1 is 1.53 bits per heavy atom. The summed E-state index contributed by atoms with van der Waals surface area (Å²) in [6.45, 7) is 8.26. The fourth-order valence-corrected chi connectivity index (χ4v) is 2.73. The Bertz CT molecular complexity index is 250. The van der Waals surface area contributed by atoms with Gasteiger partial charge in [0.1, 0.15) is 0 Å². The van der Waals surface area contributed by atoms with E-state index < -0.39 is 0 Å². The topological polar surface area (TPSA) is 27.7 Å². The summed E-state index contributed by atoms with van der Waals surface area (Å²) < 4.78 is 5.11. The lowest BCUT2D eigenvalue weighted by Crippen LogP contribution is -2.50. The van der Waals surface area contributed by atoms with Gasteiger partial charge in [0.25, 0.3) is 0 Å². The Labute approximate surface area is 110 Å². The summed E-state index contributed by atoms with van der Waals surface area (Å²) in [5.74, 6) is 0. The normalized spacial score (nSPS) is 24.2. The SMILES string of the molecule is COCC(C)NC(=S)N1CCCN(C)CC1C. The van der Waals surface area contributed by atoms with Gasteiger partial charge in [-0.2, -0.15) is 0 Å². The van der Waals surface area contributed by atoms with E-state index in [2.05, 4.69) is 36.0 Å². The second-order valence-corrected chi connectivity index (χ2v) is 5.35. The molecule has 1 heterocycles. The minimum absolute atomic E-state index is 0.265. The Balaban J connectivity index is 2.49. The predicted molar refractivity (Wildman–Crippen MR) is 75.4 cm³/mol. The zero-order valence-electron chi connectivity index (χ0n) is 11.4. The molecule has 17 heavy (non-hydrogen) atoms. The number of thiocarbonyl (C=S) groups is 1. The van der Waals surface area contributed by atoms with Crippen LogP contribution in [0.25, 0.3) is 0 Å². The smallest absolute Gasteiger partial charge is 0.169 e. The van der Waals surface area contributed by atoms with E-state index in [1.54, 1.807) is 7.11 Å². The molecule has 0 spiro atoms. The highest BCUT2D eigenvalue weighted by Gasteiger charge is 2.22. The van der Waals surface area contributed by atoms with Crippen molar-refractivity contribution in [3.05, 3.63) is 0 Å². The Morgan fingerprint density at radius 2 is 2.24 bits per heavy atom. The molecule has 4 nitrogen and oxygen atoms in total. The molecule has 1 fully saturated rings. The summed E-state index contributed by atoms with van der Waals surface area (Å²) in [6, 6.07) is 0.734. The van der Waals surface area contributed by atoms with E-state index >= 15 is 0 Å². The molecule has 5 heteroatoms. The molecule has 1 aliphatic heterocycles. The van der Waals surface area contributed by atoms with Crippen molar-refractivity contribution in [3.63, 3.8) is 0 Å². The molecule has 1 N–H and O–H groups in total. The Kier molecular flexibility index (Phi) is 6.16. The molecule has 0 aliphatic carbocycles. The van der Waals surface area contributed by atoms with Gasteiger partial charge in [-0.1, -0.05) is 0 Å². The van der Waals surface area contributed by atoms with Gasteiger partial charge in [-0.25, -0.2) is 0 Å². The number of hydrogen-bond donors (Lipinski definition) is 1. The van der Waals surface area contributed by atoms with Crippen LogP contribution in [-0.2, 0) is 4.74 Å². The van der Waals surface area contributed by atoms with Crippen molar-refractivity contribution in [2.24, 2.45) is 0 Å². The van der Waals surface area contributed by atoms with E-state index in [9.17, 15) is 0 Å². The lowest BCUT2D eigenvalue weighted by atomic mass is 10.3. The minimum Gasteiger partial charge on any atom is -0.383 e. The van der Waals surface area contributed by atoms with Gasteiger partial charge in [-0.3, -0.25) is 0 Å². The molecule has 0 aromatic carbocycles. The van der Waals surface area contributed by atoms with Crippen molar-refractivity contribution < 1.29 is 4.74 Å². The molecule has 0 aromatic rings. The van der Waals surface area contributed by atoms with E-state index in [1.165, 1.54) is 6.42 Å². The van der Waals surface area contributed by atoms with Crippen LogP contribution in [0.2, 0.25) is 0 Å². The molecule has 1 rings (SSSR count). The van der Waals surface area contributed by atoms with Crippen LogP contribution in [0.1, 0.15) is 20.3 Å². The summed E-state index contributed by atoms with van der Waals surface area (Å²) in [5.41, 5.74) is 0. The molecule has 1 saturated heterocycles. The number of hydrogen-bond acceptors (Lipinski definition) is 3. The van der Waals surface area contributed by atoms with Crippen molar-refractivity contribution in [2.75, 3.05) is 40.4 Å². The first-order valence-electron chi connectivity index (χ1n) is 6.29. The first-order chi connectivity index (χ1) is 8.04. The molecule has 0 aromatic heterocycles. The monoisotopic (exact) mass is 259 g/mol. The zero-order valence-corrected chi connectivity index (χ0v) is 12.2. The molecule has 0 saturated carbocycles. The highest BCUT2D eigenvalue weighted by Crippen LogP contribution is 2.09. The predicted octanol–water partition coefficient (Wildman–Crippen LogP) is 0.922. The summed E-state index contributed by atoms with van der Waals surface area (Å²) in [6.07, 6.45) is 1.17. The van der Waals surface area contributed by atoms with Crippen LogP contribution in [0.5, 0.6) is 0 Å². The van der Waals surface area contributed by atoms with Gasteiger partial charge in [0.05, 0.1) is 6.61 Å². The molecule has 100 valence electrons. The van der Waals surface area contributed by atoms with Crippen LogP contribution in [0.3, 0.4) is 0 Å². The molecule has 2 atom stereocenters. The van der Waals surface area contributed by atoms with Crippen molar-refractivity contribution >= 4 is 17.3 Å². The van der Waals surface area contributed by atoms with Crippen molar-refractivity contribution in [1.82, 2.24) is 15.1 Å². The van der Waals surface area contributed by atoms with Crippen molar-refractivity contribution in [3.8, 4) is 0 Å². The second kappa shape index (κ2) is 7.13. The number of methoxy groups -OCH3 is 1. The standard InChI is InChI=1S/C12H25N3OS/c1-10(9-16-4)13-12(17)15-7-5-6-14(3)8-11(15)2/h10-11H,5-9H2,1-4H3,(H,13,17). The summed E-state index contributed by atoms with van der Waals surface area (Å²) in [5, 5.41) is 4.20. The van der Waals surface area contributed by atoms with Gasteiger partial charge in [0.15, 0.2) is 5.11 Å². The van der Waals surface area contributed by atoms with Gasteiger partial charge in [-0.15, -0.1) is 0 Å². The molecule has 0 bridgehead atoms. The molecular weight excluding hydrogens is 234 g/mol. The molecule has 1 aliphatic rings. The van der Waals surface area contributed by atoms with E-state index in [1.807, 2.05) is 0 Å². The van der Waals surface area contributed by atoms with Crippen LogP contribution >= 0.6 is 12.2 Å². The summed E-state index contributed by atoms with van der Waals surface area (Å²) in [7, 11) is 3.88. The van der Waals surface area contributed by atoms with Gasteiger partial charge >= 0.3 is 0 Å². The van der Waals surface area contributed by atoms with E-state index in [0.717, 1.165) is 24.7 Å². The number of likely N-dealkylation sites (N-methyl/N-ethyl adjacent to an activating group) is 1. The first kappa shape index (κ1) is 14.7. The minimum atomic E-state index is 0.265. The van der Waals surface area contributed by atoms with Crippen molar-refractivity contribution in [2.45, 2.75) is 32.4 Å². The number of rotatable bonds is 3. The number of ether oxygens (including phenoxy) is 1. The third-order valence-electron chi connectivity index (χ3n) is 3.09. The fraction of sp³-hybridized carbons (Fsp3) is 0.917. The number of nitrogens with one attached hydrogen (secondary N) is 1. The lowest BCUT2D eigenvalue weighted by Gasteiger charge is -2.32. The van der Waals surface area contributed by atoms with Crippen LogP contribution < -0.4 is 5.32 Å². The Hall–Kier alpha value is -0.390. The lowest BCUT2D eigenvalue weighted by molar-refractivity contribution is 0.177. The molecular formula is C12H25N3OS. The summed E-state index contributed by atoms with van der Waals surface area (Å²) >= 11 is 5.48.